The van der Waals surface area contributed by atoms with Gasteiger partial charge in [-0.2, -0.15) is 0 Å². The summed E-state index contributed by atoms with van der Waals surface area (Å²) in [4.78, 5) is 0. The summed E-state index contributed by atoms with van der Waals surface area (Å²) in [7, 11) is 0. The quantitative estimate of drug-likeness (QED) is 0.789. The van der Waals surface area contributed by atoms with Crippen LogP contribution in [0.3, 0.4) is 0 Å². The SMILES string of the molecule is C=C(Cl)CNc1cc(F)c(Cl)cc1N. The highest BCUT2D eigenvalue weighted by Gasteiger charge is 2.05. The van der Waals surface area contributed by atoms with Crippen molar-refractivity contribution in [3.8, 4) is 0 Å². The van der Waals surface area contributed by atoms with Crippen LogP contribution in [0.2, 0.25) is 5.02 Å². The van der Waals surface area contributed by atoms with Gasteiger partial charge < -0.3 is 11.1 Å². The lowest BCUT2D eigenvalue weighted by molar-refractivity contribution is 0.629. The minimum absolute atomic E-state index is 0.00208. The summed E-state index contributed by atoms with van der Waals surface area (Å²) in [5.74, 6) is -0.524. The Morgan fingerprint density at radius 3 is 2.79 bits per heavy atom. The first-order valence-electron chi connectivity index (χ1n) is 3.82. The summed E-state index contributed by atoms with van der Waals surface area (Å²) < 4.78 is 13.0. The van der Waals surface area contributed by atoms with E-state index in [1.54, 1.807) is 0 Å². The van der Waals surface area contributed by atoms with Crippen molar-refractivity contribution in [1.82, 2.24) is 0 Å². The van der Waals surface area contributed by atoms with Crippen molar-refractivity contribution in [2.24, 2.45) is 0 Å². The van der Waals surface area contributed by atoms with Crippen LogP contribution in [0.4, 0.5) is 15.8 Å². The van der Waals surface area contributed by atoms with E-state index in [0.29, 0.717) is 23.0 Å². The van der Waals surface area contributed by atoms with Crippen LogP contribution < -0.4 is 11.1 Å². The molecule has 0 aromatic heterocycles. The molecule has 0 radical (unpaired) electrons. The van der Waals surface area contributed by atoms with Crippen LogP contribution in [-0.4, -0.2) is 6.54 Å². The molecule has 0 fully saturated rings. The van der Waals surface area contributed by atoms with Crippen molar-refractivity contribution in [1.29, 1.82) is 0 Å². The van der Waals surface area contributed by atoms with E-state index in [4.69, 9.17) is 28.9 Å². The van der Waals surface area contributed by atoms with Crippen molar-refractivity contribution >= 4 is 34.6 Å². The van der Waals surface area contributed by atoms with Gasteiger partial charge in [-0.05, 0) is 6.07 Å². The molecule has 0 bridgehead atoms. The predicted molar refractivity (Wildman–Crippen MR) is 59.3 cm³/mol. The number of halogens is 3. The molecule has 1 rings (SSSR count). The van der Waals surface area contributed by atoms with Crippen LogP contribution in [0.5, 0.6) is 0 Å². The van der Waals surface area contributed by atoms with E-state index < -0.39 is 5.82 Å². The fraction of sp³-hybridized carbons (Fsp3) is 0.111. The molecular weight excluding hydrogens is 226 g/mol. The molecule has 0 aliphatic heterocycles. The average Bonchev–Trinajstić information content (AvgIpc) is 2.09. The van der Waals surface area contributed by atoms with E-state index in [0.717, 1.165) is 0 Å². The van der Waals surface area contributed by atoms with Gasteiger partial charge in [0.2, 0.25) is 0 Å². The highest BCUT2D eigenvalue weighted by atomic mass is 35.5. The van der Waals surface area contributed by atoms with Crippen molar-refractivity contribution in [2.75, 3.05) is 17.6 Å². The lowest BCUT2D eigenvalue weighted by atomic mass is 10.2. The number of nitrogen functional groups attached to an aromatic ring is 1. The molecule has 76 valence electrons. The molecule has 0 spiro atoms. The highest BCUT2D eigenvalue weighted by molar-refractivity contribution is 6.31. The zero-order valence-electron chi connectivity index (χ0n) is 7.28. The Balaban J connectivity index is 2.87. The molecule has 0 saturated heterocycles. The second kappa shape index (κ2) is 4.53. The van der Waals surface area contributed by atoms with Gasteiger partial charge in [-0.3, -0.25) is 0 Å². The van der Waals surface area contributed by atoms with E-state index in [9.17, 15) is 4.39 Å². The number of hydrogen-bond acceptors (Lipinski definition) is 2. The first kappa shape index (κ1) is 11.1. The maximum atomic E-state index is 13.0. The minimum atomic E-state index is -0.524. The van der Waals surface area contributed by atoms with E-state index in [1.807, 2.05) is 0 Å². The van der Waals surface area contributed by atoms with Crippen LogP contribution >= 0.6 is 23.2 Å². The second-order valence-electron chi connectivity index (χ2n) is 2.72. The first-order chi connectivity index (χ1) is 6.50. The standard InChI is InChI=1S/C9H9Cl2FN2/c1-5(10)4-14-9-3-7(12)6(11)2-8(9)13/h2-3,14H,1,4,13H2. The molecule has 0 aliphatic rings. The van der Waals surface area contributed by atoms with E-state index in [-0.39, 0.29) is 5.02 Å². The highest BCUT2D eigenvalue weighted by Crippen LogP contribution is 2.26. The van der Waals surface area contributed by atoms with Crippen LogP contribution in [-0.2, 0) is 0 Å². The first-order valence-corrected chi connectivity index (χ1v) is 4.58. The third kappa shape index (κ3) is 2.79. The number of nitrogens with two attached hydrogens (primary N) is 1. The molecular formula is C9H9Cl2FN2. The van der Waals surface area contributed by atoms with Gasteiger partial charge in [0.15, 0.2) is 0 Å². The van der Waals surface area contributed by atoms with Gasteiger partial charge in [-0.25, -0.2) is 4.39 Å². The Morgan fingerprint density at radius 2 is 2.21 bits per heavy atom. The van der Waals surface area contributed by atoms with Crippen molar-refractivity contribution in [3.05, 3.63) is 34.6 Å². The third-order valence-corrected chi connectivity index (χ3v) is 1.99. The second-order valence-corrected chi connectivity index (χ2v) is 3.67. The maximum absolute atomic E-state index is 13.0. The molecule has 0 atom stereocenters. The van der Waals surface area contributed by atoms with Crippen molar-refractivity contribution in [3.63, 3.8) is 0 Å². The molecule has 0 aliphatic carbocycles. The predicted octanol–water partition coefficient (Wildman–Crippen LogP) is 3.23. The molecule has 1 aromatic carbocycles. The van der Waals surface area contributed by atoms with Gasteiger partial charge in [0.1, 0.15) is 5.82 Å². The maximum Gasteiger partial charge on any atom is 0.143 e. The summed E-state index contributed by atoms with van der Waals surface area (Å²) in [6.45, 7) is 3.81. The van der Waals surface area contributed by atoms with Gasteiger partial charge >= 0.3 is 0 Å². The minimum Gasteiger partial charge on any atom is -0.397 e. The van der Waals surface area contributed by atoms with Gasteiger partial charge in [0.25, 0.3) is 0 Å². The van der Waals surface area contributed by atoms with Crippen molar-refractivity contribution in [2.45, 2.75) is 0 Å². The van der Waals surface area contributed by atoms with Crippen LogP contribution in [0.25, 0.3) is 0 Å². The van der Waals surface area contributed by atoms with Crippen molar-refractivity contribution < 1.29 is 4.39 Å². The number of benzene rings is 1. The Bertz CT molecular complexity index is 366. The zero-order valence-corrected chi connectivity index (χ0v) is 8.79. The normalized spacial score (nSPS) is 9.93. The molecule has 0 heterocycles. The van der Waals surface area contributed by atoms with Gasteiger partial charge in [0.05, 0.1) is 22.9 Å². The molecule has 1 aromatic rings. The fourth-order valence-electron chi connectivity index (χ4n) is 0.906. The van der Waals surface area contributed by atoms with E-state index in [2.05, 4.69) is 11.9 Å². The summed E-state index contributed by atoms with van der Waals surface area (Å²) in [6, 6.07) is 2.56. The van der Waals surface area contributed by atoms with Gasteiger partial charge in [-0.1, -0.05) is 29.8 Å². The summed E-state index contributed by atoms with van der Waals surface area (Å²) in [5, 5.41) is 3.24. The van der Waals surface area contributed by atoms with Gasteiger partial charge in [0, 0.05) is 11.1 Å². The smallest absolute Gasteiger partial charge is 0.143 e. The van der Waals surface area contributed by atoms with Gasteiger partial charge in [-0.15, -0.1) is 0 Å². The molecule has 0 amide bonds. The summed E-state index contributed by atoms with van der Waals surface area (Å²) in [6.07, 6.45) is 0. The summed E-state index contributed by atoms with van der Waals surface area (Å²) >= 11 is 11.1. The molecule has 3 N–H and O–H groups in total. The van der Waals surface area contributed by atoms with Crippen LogP contribution in [0.15, 0.2) is 23.7 Å². The Kier molecular flexibility index (Phi) is 3.61. The summed E-state index contributed by atoms with van der Waals surface area (Å²) in [5.41, 5.74) is 6.41. The largest absolute Gasteiger partial charge is 0.397 e. The number of hydrogen-bond donors (Lipinski definition) is 2. The Hall–Kier alpha value is -0.930. The van der Waals surface area contributed by atoms with Crippen LogP contribution in [0, 0.1) is 5.82 Å². The Morgan fingerprint density at radius 1 is 1.57 bits per heavy atom. The fourth-order valence-corrected chi connectivity index (χ4v) is 1.15. The average molecular weight is 235 g/mol. The topological polar surface area (TPSA) is 38.0 Å². The van der Waals surface area contributed by atoms with Crippen LogP contribution in [0.1, 0.15) is 0 Å². The molecule has 14 heavy (non-hydrogen) atoms. The lowest BCUT2D eigenvalue weighted by Gasteiger charge is -2.09. The molecule has 0 unspecified atom stereocenters. The third-order valence-electron chi connectivity index (χ3n) is 1.56. The molecule has 5 heteroatoms. The monoisotopic (exact) mass is 234 g/mol. The molecule has 2 nitrogen and oxygen atoms in total. The number of anilines is 2. The number of rotatable bonds is 3. The number of nitrogens with one attached hydrogen (secondary N) is 1. The van der Waals surface area contributed by atoms with E-state index >= 15 is 0 Å². The lowest BCUT2D eigenvalue weighted by Crippen LogP contribution is -2.04. The Labute approximate surface area is 91.5 Å². The molecule has 0 saturated carbocycles. The van der Waals surface area contributed by atoms with E-state index in [1.165, 1.54) is 12.1 Å². The zero-order chi connectivity index (χ0) is 10.7.